The maximum atomic E-state index is 11.9. The molecule has 1 aromatic heterocycles. The number of amides is 1. The van der Waals surface area contributed by atoms with E-state index in [0.29, 0.717) is 12.5 Å². The van der Waals surface area contributed by atoms with Crippen LogP contribution in [-0.4, -0.2) is 34.5 Å². The number of rotatable bonds is 6. The van der Waals surface area contributed by atoms with Crippen LogP contribution >= 0.6 is 23.7 Å². The standard InChI is InChI=1S/C12H19N3O3S2.ClH/c1-8(9-5-14-6-9)12(16)15-7-10-3-4-11(19-10)20(17,18)13-2;/h3-4,8-9,13-14H,5-7H2,1-2H3,(H,15,16);1H. The first-order valence-electron chi connectivity index (χ1n) is 6.44. The van der Waals surface area contributed by atoms with E-state index in [9.17, 15) is 13.2 Å². The highest BCUT2D eigenvalue weighted by atomic mass is 35.5. The zero-order valence-electron chi connectivity index (χ0n) is 11.9. The molecule has 2 rings (SSSR count). The Hall–Kier alpha value is -0.670. The summed E-state index contributed by atoms with van der Waals surface area (Å²) >= 11 is 1.17. The Morgan fingerprint density at radius 2 is 2.14 bits per heavy atom. The summed E-state index contributed by atoms with van der Waals surface area (Å²) in [5.74, 6) is 0.401. The van der Waals surface area contributed by atoms with Gasteiger partial charge < -0.3 is 10.6 Å². The van der Waals surface area contributed by atoms with E-state index in [1.54, 1.807) is 12.1 Å². The number of thiophene rings is 1. The number of hydrogen-bond donors (Lipinski definition) is 3. The Balaban J connectivity index is 0.00000220. The number of hydrogen-bond acceptors (Lipinski definition) is 5. The van der Waals surface area contributed by atoms with Gasteiger partial charge in [0.05, 0.1) is 6.54 Å². The lowest BCUT2D eigenvalue weighted by Gasteiger charge is -2.31. The van der Waals surface area contributed by atoms with Crippen LogP contribution in [0.2, 0.25) is 0 Å². The number of carbonyl (C=O) groups is 1. The molecule has 2 heterocycles. The molecule has 0 radical (unpaired) electrons. The van der Waals surface area contributed by atoms with Crippen molar-refractivity contribution in [1.29, 1.82) is 0 Å². The zero-order chi connectivity index (χ0) is 14.8. The molecule has 0 aromatic carbocycles. The summed E-state index contributed by atoms with van der Waals surface area (Å²) in [6.07, 6.45) is 0. The summed E-state index contributed by atoms with van der Waals surface area (Å²) < 4.78 is 25.7. The van der Waals surface area contributed by atoms with Gasteiger partial charge in [0.25, 0.3) is 0 Å². The van der Waals surface area contributed by atoms with E-state index in [-0.39, 0.29) is 28.4 Å². The molecular weight excluding hydrogens is 334 g/mol. The second-order valence-corrected chi connectivity index (χ2v) is 8.13. The monoisotopic (exact) mass is 353 g/mol. The van der Waals surface area contributed by atoms with Gasteiger partial charge in [-0.2, -0.15) is 0 Å². The molecular formula is C12H20ClN3O3S2. The fraction of sp³-hybridized carbons (Fsp3) is 0.583. The van der Waals surface area contributed by atoms with Crippen LogP contribution in [0.5, 0.6) is 0 Å². The Labute approximate surface area is 135 Å². The van der Waals surface area contributed by atoms with Crippen molar-refractivity contribution < 1.29 is 13.2 Å². The molecule has 0 saturated carbocycles. The summed E-state index contributed by atoms with van der Waals surface area (Å²) in [6.45, 7) is 4.07. The zero-order valence-corrected chi connectivity index (χ0v) is 14.3. The van der Waals surface area contributed by atoms with Gasteiger partial charge in [-0.15, -0.1) is 23.7 Å². The number of nitrogens with one attached hydrogen (secondary N) is 3. The molecule has 6 nitrogen and oxygen atoms in total. The lowest BCUT2D eigenvalue weighted by atomic mass is 9.88. The average molecular weight is 354 g/mol. The van der Waals surface area contributed by atoms with Gasteiger partial charge in [-0.05, 0) is 38.2 Å². The van der Waals surface area contributed by atoms with Gasteiger partial charge in [0.1, 0.15) is 4.21 Å². The highest BCUT2D eigenvalue weighted by molar-refractivity contribution is 7.91. The van der Waals surface area contributed by atoms with Crippen molar-refractivity contribution in [3.63, 3.8) is 0 Å². The molecule has 1 fully saturated rings. The van der Waals surface area contributed by atoms with Gasteiger partial charge in [-0.25, -0.2) is 13.1 Å². The molecule has 1 unspecified atom stereocenters. The number of halogens is 1. The van der Waals surface area contributed by atoms with Crippen LogP contribution in [0.1, 0.15) is 11.8 Å². The second kappa shape index (κ2) is 7.55. The van der Waals surface area contributed by atoms with E-state index in [2.05, 4.69) is 15.4 Å². The predicted octanol–water partition coefficient (Wildman–Crippen LogP) is 0.550. The van der Waals surface area contributed by atoms with Gasteiger partial charge in [-0.1, -0.05) is 6.92 Å². The van der Waals surface area contributed by atoms with E-state index in [4.69, 9.17) is 0 Å². The van der Waals surface area contributed by atoms with Crippen LogP contribution in [-0.2, 0) is 21.4 Å². The van der Waals surface area contributed by atoms with Crippen molar-refractivity contribution in [2.45, 2.75) is 17.7 Å². The van der Waals surface area contributed by atoms with Crippen LogP contribution in [0.3, 0.4) is 0 Å². The van der Waals surface area contributed by atoms with E-state index in [1.165, 1.54) is 18.4 Å². The van der Waals surface area contributed by atoms with Crippen LogP contribution in [0.4, 0.5) is 0 Å². The molecule has 1 atom stereocenters. The third kappa shape index (κ3) is 4.40. The number of sulfonamides is 1. The average Bonchev–Trinajstić information content (AvgIpc) is 2.83. The van der Waals surface area contributed by atoms with E-state index >= 15 is 0 Å². The van der Waals surface area contributed by atoms with Crippen LogP contribution < -0.4 is 15.4 Å². The quantitative estimate of drug-likeness (QED) is 0.697. The maximum Gasteiger partial charge on any atom is 0.249 e. The largest absolute Gasteiger partial charge is 0.351 e. The Morgan fingerprint density at radius 3 is 2.67 bits per heavy atom. The topological polar surface area (TPSA) is 87.3 Å². The molecule has 120 valence electrons. The van der Waals surface area contributed by atoms with Crippen molar-refractivity contribution in [1.82, 2.24) is 15.4 Å². The second-order valence-electron chi connectivity index (χ2n) is 4.85. The third-order valence-corrected chi connectivity index (χ3v) is 6.53. The smallest absolute Gasteiger partial charge is 0.249 e. The van der Waals surface area contributed by atoms with Gasteiger partial charge in [0, 0.05) is 10.8 Å². The number of carbonyl (C=O) groups excluding carboxylic acids is 1. The summed E-state index contributed by atoms with van der Waals surface area (Å²) in [5.41, 5.74) is 0. The lowest BCUT2D eigenvalue weighted by Crippen LogP contribution is -2.49. The molecule has 0 spiro atoms. The summed E-state index contributed by atoms with van der Waals surface area (Å²) in [7, 11) is -2.01. The highest BCUT2D eigenvalue weighted by Gasteiger charge is 2.28. The summed E-state index contributed by atoms with van der Waals surface area (Å²) in [6, 6.07) is 3.28. The maximum absolute atomic E-state index is 11.9. The molecule has 1 aliphatic rings. The molecule has 1 aliphatic heterocycles. The molecule has 21 heavy (non-hydrogen) atoms. The van der Waals surface area contributed by atoms with E-state index in [1.807, 2.05) is 6.92 Å². The van der Waals surface area contributed by atoms with Crippen molar-refractivity contribution in [2.24, 2.45) is 11.8 Å². The van der Waals surface area contributed by atoms with Crippen molar-refractivity contribution >= 4 is 39.7 Å². The summed E-state index contributed by atoms with van der Waals surface area (Å²) in [5, 5.41) is 6.00. The Kier molecular flexibility index (Phi) is 6.61. The highest BCUT2D eigenvalue weighted by Crippen LogP contribution is 2.21. The molecule has 9 heteroatoms. The lowest BCUT2D eigenvalue weighted by molar-refractivity contribution is -0.126. The first kappa shape index (κ1) is 18.4. The van der Waals surface area contributed by atoms with Crippen molar-refractivity contribution in [3.05, 3.63) is 17.0 Å². The third-order valence-electron chi connectivity index (χ3n) is 3.54. The van der Waals surface area contributed by atoms with E-state index < -0.39 is 10.0 Å². The van der Waals surface area contributed by atoms with Crippen LogP contribution in [0.25, 0.3) is 0 Å². The predicted molar refractivity (Wildman–Crippen MR) is 85.2 cm³/mol. The minimum Gasteiger partial charge on any atom is -0.351 e. The molecule has 1 aromatic rings. The minimum absolute atomic E-state index is 0. The van der Waals surface area contributed by atoms with Gasteiger partial charge >= 0.3 is 0 Å². The fourth-order valence-corrected chi connectivity index (χ4v) is 4.05. The van der Waals surface area contributed by atoms with Crippen molar-refractivity contribution in [2.75, 3.05) is 20.1 Å². The van der Waals surface area contributed by atoms with Crippen molar-refractivity contribution in [3.8, 4) is 0 Å². The first-order chi connectivity index (χ1) is 9.44. The molecule has 0 bridgehead atoms. The van der Waals surface area contributed by atoms with Gasteiger partial charge in [0.2, 0.25) is 15.9 Å². The van der Waals surface area contributed by atoms with Crippen LogP contribution in [0, 0.1) is 11.8 Å². The Morgan fingerprint density at radius 1 is 1.48 bits per heavy atom. The van der Waals surface area contributed by atoms with E-state index in [0.717, 1.165) is 18.0 Å². The van der Waals surface area contributed by atoms with Crippen LogP contribution in [0.15, 0.2) is 16.3 Å². The normalized spacial score (nSPS) is 16.7. The first-order valence-corrected chi connectivity index (χ1v) is 8.74. The SMILES string of the molecule is CNS(=O)(=O)c1ccc(CNC(=O)C(C)C2CNC2)s1.Cl. The molecule has 1 saturated heterocycles. The molecule has 0 aliphatic carbocycles. The fourth-order valence-electron chi connectivity index (χ4n) is 1.91. The molecule has 3 N–H and O–H groups in total. The summed E-state index contributed by atoms with van der Waals surface area (Å²) in [4.78, 5) is 12.8. The van der Waals surface area contributed by atoms with Gasteiger partial charge in [0.15, 0.2) is 0 Å². The molecule has 1 amide bonds. The minimum atomic E-state index is -3.39. The van der Waals surface area contributed by atoms with Gasteiger partial charge in [-0.3, -0.25) is 4.79 Å². The Bertz CT molecular complexity index is 584.